The fraction of sp³-hybridized carbons (Fsp3) is 0.320. The van der Waals surface area contributed by atoms with E-state index in [-0.39, 0.29) is 30.4 Å². The number of likely N-dealkylation sites (tertiary alicyclic amines) is 1. The lowest BCUT2D eigenvalue weighted by Gasteiger charge is -2.26. The van der Waals surface area contributed by atoms with Gasteiger partial charge in [-0.05, 0) is 50.5 Å². The van der Waals surface area contributed by atoms with Gasteiger partial charge in [-0.15, -0.1) is 0 Å². The molecule has 0 aliphatic carbocycles. The number of aromatic nitrogens is 5. The summed E-state index contributed by atoms with van der Waals surface area (Å²) in [5.74, 6) is -0.380. The normalized spacial score (nSPS) is 13.8. The maximum Gasteiger partial charge on any atom is 0.273 e. The van der Waals surface area contributed by atoms with E-state index in [4.69, 9.17) is 5.73 Å². The lowest BCUT2D eigenvalue weighted by molar-refractivity contribution is -0.131. The number of imidazole rings is 1. The molecule has 2 amide bonds. The van der Waals surface area contributed by atoms with Gasteiger partial charge in [0, 0.05) is 55.9 Å². The molecule has 0 bridgehead atoms. The van der Waals surface area contributed by atoms with E-state index in [1.165, 1.54) is 0 Å². The Bertz CT molecular complexity index is 1370. The molecule has 10 heteroatoms. The molecule has 4 aromatic heterocycles. The summed E-state index contributed by atoms with van der Waals surface area (Å²) >= 11 is 0. The van der Waals surface area contributed by atoms with Gasteiger partial charge < -0.3 is 25.3 Å². The molecule has 0 atom stereocenters. The molecule has 0 radical (unpaired) electrons. The van der Waals surface area contributed by atoms with Crippen molar-refractivity contribution in [3.05, 3.63) is 54.2 Å². The minimum absolute atomic E-state index is 0.0260. The third-order valence-electron chi connectivity index (χ3n) is 6.29. The van der Waals surface area contributed by atoms with Gasteiger partial charge in [0.2, 0.25) is 5.91 Å². The van der Waals surface area contributed by atoms with Crippen molar-refractivity contribution < 1.29 is 9.59 Å². The highest BCUT2D eigenvalue weighted by Gasteiger charge is 2.22. The van der Waals surface area contributed by atoms with Gasteiger partial charge in [0.05, 0.1) is 5.69 Å². The molecule has 5 rings (SSSR count). The summed E-state index contributed by atoms with van der Waals surface area (Å²) < 4.78 is 1.96. The second kappa shape index (κ2) is 9.57. The van der Waals surface area contributed by atoms with Crippen LogP contribution in [0, 0.1) is 6.92 Å². The number of aryl methyl sites for hydroxylation is 1. The number of amides is 2. The average molecular weight is 473 g/mol. The Labute approximate surface area is 202 Å². The van der Waals surface area contributed by atoms with Crippen LogP contribution in [0.15, 0.2) is 42.9 Å². The van der Waals surface area contributed by atoms with Gasteiger partial charge in [-0.3, -0.25) is 9.59 Å². The molecule has 4 aromatic rings. The van der Waals surface area contributed by atoms with E-state index in [2.05, 4.69) is 25.3 Å². The average Bonchev–Trinajstić information content (AvgIpc) is 3.54. The Morgan fingerprint density at radius 2 is 1.94 bits per heavy atom. The Hall–Kier alpha value is -4.21. The fourth-order valence-corrected chi connectivity index (χ4v) is 4.39. The maximum atomic E-state index is 13.0. The smallest absolute Gasteiger partial charge is 0.273 e. The monoisotopic (exact) mass is 472 g/mol. The highest BCUT2D eigenvalue weighted by atomic mass is 16.2. The molecule has 0 saturated carbocycles. The summed E-state index contributed by atoms with van der Waals surface area (Å²) in [5.41, 5.74) is 10.6. The molecule has 5 heterocycles. The van der Waals surface area contributed by atoms with Crippen molar-refractivity contribution >= 4 is 23.3 Å². The summed E-state index contributed by atoms with van der Waals surface area (Å²) in [5, 5.41) is 2.79. The summed E-state index contributed by atoms with van der Waals surface area (Å²) in [6.45, 7) is 3.75. The number of carbonyl (C=O) groups excluding carboxylic acids is 2. The topological polar surface area (TPSA) is 134 Å². The second-order valence-electron chi connectivity index (χ2n) is 8.73. The van der Waals surface area contributed by atoms with Crippen molar-refractivity contribution in [1.29, 1.82) is 0 Å². The van der Waals surface area contributed by atoms with Gasteiger partial charge in [0.25, 0.3) is 5.91 Å². The maximum absolute atomic E-state index is 13.0. The number of piperidine rings is 1. The van der Waals surface area contributed by atoms with Gasteiger partial charge in [-0.2, -0.15) is 0 Å². The zero-order valence-electron chi connectivity index (χ0n) is 19.6. The molecule has 1 aliphatic rings. The van der Waals surface area contributed by atoms with Crippen molar-refractivity contribution in [2.45, 2.75) is 32.6 Å². The number of nitrogen functional groups attached to an aromatic ring is 1. The van der Waals surface area contributed by atoms with Crippen LogP contribution >= 0.6 is 0 Å². The standard InChI is InChI=1S/C25H28N8O2/c1-16-14-29-19-8-7-17(15-33(16)19)21-22(18-6-5-10-27-18)31-24(26)23(30-21)25(35)28-11-9-20(34)32-12-3-2-4-13-32/h5-8,10,14-15,27H,2-4,9,11-13H2,1H3,(H2,26,31)(H,28,35). The molecule has 35 heavy (non-hydrogen) atoms. The summed E-state index contributed by atoms with van der Waals surface area (Å²) in [6, 6.07) is 7.53. The lowest BCUT2D eigenvalue weighted by atomic mass is 10.1. The van der Waals surface area contributed by atoms with Crippen molar-refractivity contribution in [2.75, 3.05) is 25.4 Å². The molecule has 1 fully saturated rings. The quantitative estimate of drug-likeness (QED) is 0.395. The third-order valence-corrected chi connectivity index (χ3v) is 6.29. The molecule has 0 aromatic carbocycles. The van der Waals surface area contributed by atoms with Gasteiger partial charge in [-0.25, -0.2) is 15.0 Å². The van der Waals surface area contributed by atoms with E-state index in [1.807, 2.05) is 46.7 Å². The van der Waals surface area contributed by atoms with Crippen LogP contribution in [0.5, 0.6) is 0 Å². The Kier molecular flexibility index (Phi) is 6.17. The van der Waals surface area contributed by atoms with Crippen LogP contribution in [0.1, 0.15) is 41.9 Å². The van der Waals surface area contributed by atoms with Crippen molar-refractivity contribution in [1.82, 2.24) is 34.6 Å². The molecular formula is C25H28N8O2. The van der Waals surface area contributed by atoms with Crippen LogP contribution in [0.4, 0.5) is 5.82 Å². The molecular weight excluding hydrogens is 444 g/mol. The molecule has 4 N–H and O–H groups in total. The number of carbonyl (C=O) groups is 2. The highest BCUT2D eigenvalue weighted by Crippen LogP contribution is 2.30. The molecule has 1 saturated heterocycles. The first-order valence-electron chi connectivity index (χ1n) is 11.8. The van der Waals surface area contributed by atoms with Gasteiger partial charge in [0.1, 0.15) is 17.0 Å². The minimum atomic E-state index is -0.458. The first kappa shape index (κ1) is 22.6. The van der Waals surface area contributed by atoms with Gasteiger partial charge >= 0.3 is 0 Å². The Morgan fingerprint density at radius 3 is 2.71 bits per heavy atom. The summed E-state index contributed by atoms with van der Waals surface area (Å²) in [7, 11) is 0. The number of nitrogens with one attached hydrogen (secondary N) is 2. The Morgan fingerprint density at radius 1 is 1.11 bits per heavy atom. The number of fused-ring (bicyclic) bond motifs is 1. The minimum Gasteiger partial charge on any atom is -0.382 e. The number of hydrogen-bond donors (Lipinski definition) is 3. The number of aromatic amines is 1. The van der Waals surface area contributed by atoms with E-state index >= 15 is 0 Å². The largest absolute Gasteiger partial charge is 0.382 e. The van der Waals surface area contributed by atoms with Gasteiger partial charge in [-0.1, -0.05) is 0 Å². The number of hydrogen-bond acceptors (Lipinski definition) is 6. The number of nitrogens with zero attached hydrogens (tertiary/aromatic N) is 5. The van der Waals surface area contributed by atoms with Crippen molar-refractivity contribution in [3.63, 3.8) is 0 Å². The number of H-pyrrole nitrogens is 1. The zero-order valence-corrected chi connectivity index (χ0v) is 19.6. The third kappa shape index (κ3) is 4.59. The van der Waals surface area contributed by atoms with E-state index in [9.17, 15) is 9.59 Å². The van der Waals surface area contributed by atoms with E-state index < -0.39 is 5.91 Å². The molecule has 10 nitrogen and oxygen atoms in total. The van der Waals surface area contributed by atoms with Crippen LogP contribution < -0.4 is 11.1 Å². The highest BCUT2D eigenvalue weighted by molar-refractivity contribution is 5.98. The fourth-order valence-electron chi connectivity index (χ4n) is 4.39. The number of anilines is 1. The van der Waals surface area contributed by atoms with E-state index in [1.54, 1.807) is 12.4 Å². The van der Waals surface area contributed by atoms with Crippen LogP contribution in [0.2, 0.25) is 0 Å². The first-order chi connectivity index (χ1) is 17.0. The van der Waals surface area contributed by atoms with Crippen LogP contribution in [-0.4, -0.2) is 60.7 Å². The first-order valence-corrected chi connectivity index (χ1v) is 11.8. The number of pyridine rings is 1. The van der Waals surface area contributed by atoms with Crippen LogP contribution in [-0.2, 0) is 4.79 Å². The van der Waals surface area contributed by atoms with Crippen LogP contribution in [0.3, 0.4) is 0 Å². The van der Waals surface area contributed by atoms with Crippen molar-refractivity contribution in [2.24, 2.45) is 0 Å². The Balaban J connectivity index is 1.42. The van der Waals surface area contributed by atoms with E-state index in [0.29, 0.717) is 11.4 Å². The summed E-state index contributed by atoms with van der Waals surface area (Å²) in [4.78, 5) is 44.0. The van der Waals surface area contributed by atoms with Crippen LogP contribution in [0.25, 0.3) is 28.3 Å². The molecule has 180 valence electrons. The molecule has 0 unspecified atom stereocenters. The van der Waals surface area contributed by atoms with E-state index in [0.717, 1.165) is 55.0 Å². The predicted octanol–water partition coefficient (Wildman–Crippen LogP) is 2.81. The lowest BCUT2D eigenvalue weighted by Crippen LogP contribution is -2.38. The van der Waals surface area contributed by atoms with Crippen molar-refractivity contribution in [3.8, 4) is 22.6 Å². The predicted molar refractivity (Wildman–Crippen MR) is 133 cm³/mol. The number of nitrogens with two attached hydrogens (primary N) is 1. The second-order valence-corrected chi connectivity index (χ2v) is 8.73. The zero-order chi connectivity index (χ0) is 24.4. The number of rotatable bonds is 6. The molecule has 0 spiro atoms. The summed E-state index contributed by atoms with van der Waals surface area (Å²) in [6.07, 6.45) is 8.97. The SMILES string of the molecule is Cc1cnc2ccc(-c3nc(C(=O)NCCC(=O)N4CCCCC4)c(N)nc3-c3ccc[nH]3)cn12. The molecule has 1 aliphatic heterocycles. The van der Waals surface area contributed by atoms with Gasteiger partial charge in [0.15, 0.2) is 11.5 Å².